The molecule has 0 bridgehead atoms. The number of benzene rings is 3. The van der Waals surface area contributed by atoms with E-state index in [2.05, 4.69) is 18.0 Å². The molecule has 5 nitrogen and oxygen atoms in total. The van der Waals surface area contributed by atoms with Crippen LogP contribution in [0.25, 0.3) is 16.0 Å². The van der Waals surface area contributed by atoms with Gasteiger partial charge in [0.2, 0.25) is 0 Å². The number of aliphatic hydroxyl groups excluding tert-OH is 1. The Morgan fingerprint density at radius 2 is 1.76 bits per heavy atom. The molecule has 1 atom stereocenters. The van der Waals surface area contributed by atoms with Crippen molar-refractivity contribution in [2.24, 2.45) is 0 Å². The van der Waals surface area contributed by atoms with E-state index < -0.39 is 17.7 Å². The van der Waals surface area contributed by atoms with Crippen molar-refractivity contribution in [2.75, 3.05) is 4.90 Å². The van der Waals surface area contributed by atoms with Crippen LogP contribution in [0.3, 0.4) is 0 Å². The summed E-state index contributed by atoms with van der Waals surface area (Å²) in [5.41, 5.74) is 4.32. The summed E-state index contributed by atoms with van der Waals surface area (Å²) in [6.45, 7) is 4.06. The molecule has 33 heavy (non-hydrogen) atoms. The number of ketones is 1. The largest absolute Gasteiger partial charge is 0.507 e. The van der Waals surface area contributed by atoms with E-state index in [4.69, 9.17) is 0 Å². The lowest BCUT2D eigenvalue weighted by Gasteiger charge is -2.23. The number of aliphatic hydroxyl groups is 1. The maximum absolute atomic E-state index is 13.3. The number of Topliss-reactive ketones (excluding diaryl/α,β-unsaturated/α-hetero) is 1. The number of aromatic nitrogens is 1. The molecule has 3 aromatic carbocycles. The molecule has 6 heteroatoms. The molecule has 1 saturated heterocycles. The highest BCUT2D eigenvalue weighted by Gasteiger charge is 2.48. The number of amides is 1. The van der Waals surface area contributed by atoms with E-state index in [9.17, 15) is 14.7 Å². The molecule has 2 heterocycles. The molecule has 1 aliphatic heterocycles. The highest BCUT2D eigenvalue weighted by atomic mass is 32.1. The van der Waals surface area contributed by atoms with E-state index in [1.54, 1.807) is 24.3 Å². The van der Waals surface area contributed by atoms with Crippen LogP contribution in [0.5, 0.6) is 0 Å². The van der Waals surface area contributed by atoms with Gasteiger partial charge in [-0.2, -0.15) is 0 Å². The van der Waals surface area contributed by atoms with Gasteiger partial charge in [0, 0.05) is 5.56 Å². The molecule has 0 spiro atoms. The summed E-state index contributed by atoms with van der Waals surface area (Å²) in [5.74, 6) is -1.58. The Balaban J connectivity index is 1.72. The van der Waals surface area contributed by atoms with Gasteiger partial charge in [-0.1, -0.05) is 84.5 Å². The van der Waals surface area contributed by atoms with Crippen LogP contribution in [0.2, 0.25) is 0 Å². The fourth-order valence-corrected chi connectivity index (χ4v) is 5.18. The van der Waals surface area contributed by atoms with Gasteiger partial charge in [0.15, 0.2) is 5.13 Å². The monoisotopic (exact) mass is 454 g/mol. The molecule has 1 aromatic heterocycles. The molecular weight excluding hydrogens is 432 g/mol. The molecule has 5 rings (SSSR count). The third-order valence-corrected chi connectivity index (χ3v) is 6.96. The molecule has 0 aliphatic carbocycles. The minimum Gasteiger partial charge on any atom is -0.507 e. The van der Waals surface area contributed by atoms with Crippen LogP contribution < -0.4 is 4.90 Å². The van der Waals surface area contributed by atoms with Crippen molar-refractivity contribution in [1.29, 1.82) is 0 Å². The normalized spacial score (nSPS) is 17.8. The van der Waals surface area contributed by atoms with Gasteiger partial charge >= 0.3 is 5.91 Å². The van der Waals surface area contributed by atoms with Gasteiger partial charge in [0.05, 0.1) is 21.8 Å². The molecule has 1 N–H and O–H groups in total. The van der Waals surface area contributed by atoms with Crippen LogP contribution in [0.15, 0.2) is 78.4 Å². The van der Waals surface area contributed by atoms with Crippen molar-refractivity contribution in [1.82, 2.24) is 4.98 Å². The minimum absolute atomic E-state index is 0.0727. The molecule has 0 unspecified atom stereocenters. The second-order valence-corrected chi connectivity index (χ2v) is 9.11. The number of hydrogen-bond donors (Lipinski definition) is 1. The topological polar surface area (TPSA) is 70.5 Å². The summed E-state index contributed by atoms with van der Waals surface area (Å²) in [6.07, 6.45) is 0.897. The Hall–Kier alpha value is -3.77. The maximum atomic E-state index is 13.3. The second-order valence-electron chi connectivity index (χ2n) is 8.10. The predicted molar refractivity (Wildman–Crippen MR) is 131 cm³/mol. The lowest BCUT2D eigenvalue weighted by Crippen LogP contribution is -2.29. The fraction of sp³-hybridized carbons (Fsp3) is 0.148. The Bertz CT molecular complexity index is 1400. The van der Waals surface area contributed by atoms with E-state index >= 15 is 0 Å². The quantitative estimate of drug-likeness (QED) is 0.241. The highest BCUT2D eigenvalue weighted by Crippen LogP contribution is 2.44. The molecule has 0 radical (unpaired) electrons. The SMILES string of the molecule is CCc1ccc2nc(N3C(=O)C(=O)C(=C(O)c4ccccc4)[C@@H]3c3ccc(C)cc3)sc2c1. The summed E-state index contributed by atoms with van der Waals surface area (Å²) in [4.78, 5) is 32.6. The third-order valence-electron chi connectivity index (χ3n) is 5.94. The average Bonchev–Trinajstić information content (AvgIpc) is 3.37. The smallest absolute Gasteiger partial charge is 0.301 e. The Morgan fingerprint density at radius 3 is 2.45 bits per heavy atom. The van der Waals surface area contributed by atoms with Crippen LogP contribution in [0.4, 0.5) is 5.13 Å². The van der Waals surface area contributed by atoms with Crippen LogP contribution in [0, 0.1) is 6.92 Å². The van der Waals surface area contributed by atoms with Gasteiger partial charge in [-0.15, -0.1) is 0 Å². The van der Waals surface area contributed by atoms with Crippen LogP contribution in [-0.2, 0) is 16.0 Å². The zero-order chi connectivity index (χ0) is 23.1. The summed E-state index contributed by atoms with van der Waals surface area (Å²) in [7, 11) is 0. The Kier molecular flexibility index (Phi) is 5.30. The standard InChI is InChI=1S/C27H22N2O3S/c1-3-17-11-14-20-21(15-17)33-27(28-20)29-23(18-12-9-16(2)10-13-18)22(25(31)26(29)32)24(30)19-7-5-4-6-8-19/h4-15,23,30H,3H2,1-2H3/t23-/m0/s1. The first-order valence-corrected chi connectivity index (χ1v) is 11.6. The Labute approximate surface area is 195 Å². The first kappa shape index (κ1) is 21.1. The maximum Gasteiger partial charge on any atom is 0.301 e. The highest BCUT2D eigenvalue weighted by molar-refractivity contribution is 7.22. The van der Waals surface area contributed by atoms with Crippen molar-refractivity contribution < 1.29 is 14.7 Å². The van der Waals surface area contributed by atoms with Crippen LogP contribution in [0.1, 0.15) is 35.2 Å². The van der Waals surface area contributed by atoms with Gasteiger partial charge in [-0.05, 0) is 36.6 Å². The van der Waals surface area contributed by atoms with E-state index in [0.29, 0.717) is 10.7 Å². The number of thiazole rings is 1. The van der Waals surface area contributed by atoms with Crippen molar-refractivity contribution in [3.8, 4) is 0 Å². The van der Waals surface area contributed by atoms with Crippen molar-refractivity contribution in [2.45, 2.75) is 26.3 Å². The number of fused-ring (bicyclic) bond motifs is 1. The number of carbonyl (C=O) groups is 2. The van der Waals surface area contributed by atoms with E-state index in [1.165, 1.54) is 21.8 Å². The molecule has 4 aromatic rings. The molecule has 1 aliphatic rings. The summed E-state index contributed by atoms with van der Waals surface area (Å²) in [5, 5.41) is 11.6. The van der Waals surface area contributed by atoms with Crippen LogP contribution >= 0.6 is 11.3 Å². The fourth-order valence-electron chi connectivity index (χ4n) is 4.13. The van der Waals surface area contributed by atoms with Crippen molar-refractivity contribution in [3.63, 3.8) is 0 Å². The van der Waals surface area contributed by atoms with E-state index in [1.807, 2.05) is 49.4 Å². The number of aryl methyl sites for hydroxylation is 2. The summed E-state index contributed by atoms with van der Waals surface area (Å²) >= 11 is 1.38. The minimum atomic E-state index is -0.767. The number of carbonyl (C=O) groups excluding carboxylic acids is 2. The molecule has 1 amide bonds. The van der Waals surface area contributed by atoms with E-state index in [-0.39, 0.29) is 11.3 Å². The predicted octanol–water partition coefficient (Wildman–Crippen LogP) is 5.79. The van der Waals surface area contributed by atoms with E-state index in [0.717, 1.165) is 27.8 Å². The lowest BCUT2D eigenvalue weighted by atomic mass is 9.95. The van der Waals surface area contributed by atoms with Gasteiger partial charge in [0.1, 0.15) is 5.76 Å². The van der Waals surface area contributed by atoms with Crippen molar-refractivity contribution in [3.05, 3.63) is 101 Å². The third kappa shape index (κ3) is 3.62. The molecular formula is C27H22N2O3S. The molecule has 164 valence electrons. The van der Waals surface area contributed by atoms with Gasteiger partial charge in [-0.3, -0.25) is 14.5 Å². The summed E-state index contributed by atoms with van der Waals surface area (Å²) < 4.78 is 0.956. The number of rotatable bonds is 4. The molecule has 1 fully saturated rings. The first-order valence-electron chi connectivity index (χ1n) is 10.8. The number of anilines is 1. The van der Waals surface area contributed by atoms with Crippen molar-refractivity contribution >= 4 is 44.1 Å². The average molecular weight is 455 g/mol. The van der Waals surface area contributed by atoms with Gasteiger partial charge < -0.3 is 5.11 Å². The zero-order valence-electron chi connectivity index (χ0n) is 18.3. The number of hydrogen-bond acceptors (Lipinski definition) is 5. The van der Waals surface area contributed by atoms with Crippen LogP contribution in [-0.4, -0.2) is 21.8 Å². The molecule has 0 saturated carbocycles. The second kappa shape index (κ2) is 8.30. The summed E-state index contributed by atoms with van der Waals surface area (Å²) in [6, 6.07) is 21.7. The van der Waals surface area contributed by atoms with Gasteiger partial charge in [-0.25, -0.2) is 4.98 Å². The number of nitrogens with zero attached hydrogens (tertiary/aromatic N) is 2. The Morgan fingerprint density at radius 1 is 1.03 bits per heavy atom. The van der Waals surface area contributed by atoms with Gasteiger partial charge in [0.25, 0.3) is 5.78 Å². The first-order chi connectivity index (χ1) is 16.0. The lowest BCUT2D eigenvalue weighted by molar-refractivity contribution is -0.132. The zero-order valence-corrected chi connectivity index (χ0v) is 19.1.